The Morgan fingerprint density at radius 2 is 2.12 bits per heavy atom. The van der Waals surface area contributed by atoms with E-state index in [2.05, 4.69) is 10.3 Å². The van der Waals surface area contributed by atoms with E-state index in [1.54, 1.807) is 30.0 Å². The van der Waals surface area contributed by atoms with E-state index in [-0.39, 0.29) is 11.6 Å². The number of aromatic nitrogens is 1. The molecule has 0 radical (unpaired) electrons. The van der Waals surface area contributed by atoms with Crippen LogP contribution in [0.1, 0.15) is 10.4 Å². The van der Waals surface area contributed by atoms with E-state index < -0.39 is 4.92 Å². The van der Waals surface area contributed by atoms with Crippen molar-refractivity contribution in [1.82, 2.24) is 4.98 Å². The third-order valence-corrected chi connectivity index (χ3v) is 5.12. The summed E-state index contributed by atoms with van der Waals surface area (Å²) in [5, 5.41) is 13.9. The summed E-state index contributed by atoms with van der Waals surface area (Å²) in [6.07, 6.45) is 1.94. The highest BCUT2D eigenvalue weighted by Crippen LogP contribution is 2.30. The molecule has 3 aromatic rings. The van der Waals surface area contributed by atoms with Crippen LogP contribution in [-0.4, -0.2) is 29.2 Å². The highest BCUT2D eigenvalue weighted by molar-refractivity contribution is 7.98. The highest BCUT2D eigenvalue weighted by Gasteiger charge is 2.16. The number of non-ortho nitro benzene ring substituents is 1. The molecule has 3 rings (SSSR count). The second kappa shape index (κ2) is 7.08. The standard InChI is InChI=1S/C16H13N3O4S2/c1-23-13-8-10(24-2)4-5-11(13)15(20)18-16-17-12-6-3-9(19(21)22)7-14(12)25-16/h3-8H,1-2H3,(H,17,18,20). The van der Waals surface area contributed by atoms with Gasteiger partial charge in [-0.25, -0.2) is 4.98 Å². The summed E-state index contributed by atoms with van der Waals surface area (Å²) >= 11 is 2.73. The molecule has 0 atom stereocenters. The van der Waals surface area contributed by atoms with E-state index in [0.29, 0.717) is 26.7 Å². The summed E-state index contributed by atoms with van der Waals surface area (Å²) in [6, 6.07) is 9.71. The Morgan fingerprint density at radius 3 is 2.80 bits per heavy atom. The molecule has 0 fully saturated rings. The Kier molecular flexibility index (Phi) is 4.86. The van der Waals surface area contributed by atoms with Crippen molar-refractivity contribution in [2.24, 2.45) is 0 Å². The monoisotopic (exact) mass is 375 g/mol. The van der Waals surface area contributed by atoms with Crippen LogP contribution in [0.3, 0.4) is 0 Å². The third kappa shape index (κ3) is 3.57. The number of ether oxygens (including phenoxy) is 1. The number of nitro benzene ring substituents is 1. The van der Waals surface area contributed by atoms with Crippen LogP contribution in [0.15, 0.2) is 41.3 Å². The average Bonchev–Trinajstić information content (AvgIpc) is 3.02. The zero-order valence-corrected chi connectivity index (χ0v) is 14.9. The maximum atomic E-state index is 12.5. The fourth-order valence-corrected chi connectivity index (χ4v) is 3.55. The number of thioether (sulfide) groups is 1. The fourth-order valence-electron chi connectivity index (χ4n) is 2.23. The summed E-state index contributed by atoms with van der Waals surface area (Å²) in [7, 11) is 1.51. The van der Waals surface area contributed by atoms with Gasteiger partial charge in [0, 0.05) is 17.0 Å². The summed E-state index contributed by atoms with van der Waals surface area (Å²) in [5.41, 5.74) is 0.976. The molecule has 0 bridgehead atoms. The van der Waals surface area contributed by atoms with Crippen LogP contribution in [0.4, 0.5) is 10.8 Å². The third-order valence-electron chi connectivity index (χ3n) is 3.46. The molecular weight excluding hydrogens is 362 g/mol. The molecule has 0 saturated heterocycles. The van der Waals surface area contributed by atoms with Gasteiger partial charge < -0.3 is 4.74 Å². The smallest absolute Gasteiger partial charge is 0.270 e. The van der Waals surface area contributed by atoms with E-state index in [0.717, 1.165) is 4.90 Å². The molecule has 0 spiro atoms. The largest absolute Gasteiger partial charge is 0.496 e. The average molecular weight is 375 g/mol. The zero-order valence-electron chi connectivity index (χ0n) is 13.3. The number of nitro groups is 1. The van der Waals surface area contributed by atoms with Gasteiger partial charge in [0.15, 0.2) is 5.13 Å². The highest BCUT2D eigenvalue weighted by atomic mass is 32.2. The minimum absolute atomic E-state index is 0.0108. The van der Waals surface area contributed by atoms with E-state index in [4.69, 9.17) is 4.74 Å². The first-order valence-corrected chi connectivity index (χ1v) is 9.14. The Balaban J connectivity index is 1.88. The molecule has 1 heterocycles. The first kappa shape index (κ1) is 17.2. The second-order valence-electron chi connectivity index (χ2n) is 4.95. The van der Waals surface area contributed by atoms with Crippen LogP contribution >= 0.6 is 23.1 Å². The van der Waals surface area contributed by atoms with Gasteiger partial charge in [0.05, 0.1) is 27.8 Å². The molecule has 1 aromatic heterocycles. The lowest BCUT2D eigenvalue weighted by atomic mass is 10.2. The lowest BCUT2D eigenvalue weighted by molar-refractivity contribution is -0.384. The maximum Gasteiger partial charge on any atom is 0.270 e. The number of nitrogens with one attached hydrogen (secondary N) is 1. The number of carbonyl (C=O) groups is 1. The molecular formula is C16H13N3O4S2. The van der Waals surface area contributed by atoms with Crippen molar-refractivity contribution in [1.29, 1.82) is 0 Å². The molecule has 0 aliphatic rings. The lowest BCUT2D eigenvalue weighted by Gasteiger charge is -2.09. The number of rotatable bonds is 5. The SMILES string of the molecule is COc1cc(SC)ccc1C(=O)Nc1nc2ccc([N+](=O)[O-])cc2s1. The van der Waals surface area contributed by atoms with Crippen molar-refractivity contribution in [3.05, 3.63) is 52.1 Å². The van der Waals surface area contributed by atoms with Crippen molar-refractivity contribution in [3.63, 3.8) is 0 Å². The first-order valence-electron chi connectivity index (χ1n) is 7.10. The summed E-state index contributed by atoms with van der Waals surface area (Å²) in [5.74, 6) is 0.124. The summed E-state index contributed by atoms with van der Waals surface area (Å²) in [6.45, 7) is 0. The van der Waals surface area contributed by atoms with Crippen molar-refractivity contribution in [2.75, 3.05) is 18.7 Å². The van der Waals surface area contributed by atoms with Crippen LogP contribution in [-0.2, 0) is 0 Å². The van der Waals surface area contributed by atoms with Crippen molar-refractivity contribution in [2.45, 2.75) is 4.90 Å². The number of hydrogen-bond acceptors (Lipinski definition) is 7. The molecule has 128 valence electrons. The summed E-state index contributed by atoms with van der Waals surface area (Å²) in [4.78, 5) is 28.2. The van der Waals surface area contributed by atoms with Crippen molar-refractivity contribution >= 4 is 50.0 Å². The first-order chi connectivity index (χ1) is 12.0. The molecule has 1 N–H and O–H groups in total. The Labute approximate surface area is 151 Å². The van der Waals surface area contributed by atoms with Gasteiger partial charge in [-0.05, 0) is 30.5 Å². The predicted molar refractivity (Wildman–Crippen MR) is 99.0 cm³/mol. The molecule has 7 nitrogen and oxygen atoms in total. The molecule has 2 aromatic carbocycles. The zero-order chi connectivity index (χ0) is 18.0. The molecule has 0 aliphatic heterocycles. The number of amides is 1. The number of methoxy groups -OCH3 is 1. The van der Waals surface area contributed by atoms with Gasteiger partial charge in [-0.15, -0.1) is 11.8 Å². The second-order valence-corrected chi connectivity index (χ2v) is 6.86. The van der Waals surface area contributed by atoms with Gasteiger partial charge in [0.1, 0.15) is 5.75 Å². The fraction of sp³-hybridized carbons (Fsp3) is 0.125. The van der Waals surface area contributed by atoms with E-state index in [9.17, 15) is 14.9 Å². The molecule has 25 heavy (non-hydrogen) atoms. The number of thiazole rings is 1. The van der Waals surface area contributed by atoms with E-state index >= 15 is 0 Å². The van der Waals surface area contributed by atoms with Crippen LogP contribution in [0.5, 0.6) is 5.75 Å². The van der Waals surface area contributed by atoms with E-state index in [1.807, 2.05) is 12.3 Å². The normalized spacial score (nSPS) is 10.6. The van der Waals surface area contributed by atoms with Crippen LogP contribution in [0.2, 0.25) is 0 Å². The van der Waals surface area contributed by atoms with Gasteiger partial charge in [-0.3, -0.25) is 20.2 Å². The molecule has 0 saturated carbocycles. The molecule has 1 amide bonds. The quantitative estimate of drug-likeness (QED) is 0.408. The van der Waals surface area contributed by atoms with Crippen molar-refractivity contribution < 1.29 is 14.5 Å². The van der Waals surface area contributed by atoms with Crippen molar-refractivity contribution in [3.8, 4) is 5.75 Å². The number of carbonyl (C=O) groups excluding carboxylic acids is 1. The number of benzene rings is 2. The van der Waals surface area contributed by atoms with Crippen LogP contribution in [0, 0.1) is 10.1 Å². The minimum Gasteiger partial charge on any atom is -0.496 e. The van der Waals surface area contributed by atoms with Gasteiger partial charge in [-0.1, -0.05) is 11.3 Å². The van der Waals surface area contributed by atoms with Crippen LogP contribution in [0.25, 0.3) is 10.2 Å². The van der Waals surface area contributed by atoms with Gasteiger partial charge in [-0.2, -0.15) is 0 Å². The maximum absolute atomic E-state index is 12.5. The predicted octanol–water partition coefficient (Wildman–Crippen LogP) is 4.19. The lowest BCUT2D eigenvalue weighted by Crippen LogP contribution is -2.13. The van der Waals surface area contributed by atoms with E-state index in [1.165, 1.54) is 30.6 Å². The number of nitrogens with zero attached hydrogens (tertiary/aromatic N) is 2. The van der Waals surface area contributed by atoms with Gasteiger partial charge in [0.25, 0.3) is 11.6 Å². The number of anilines is 1. The van der Waals surface area contributed by atoms with Gasteiger partial charge in [0.2, 0.25) is 0 Å². The minimum atomic E-state index is -0.463. The Bertz CT molecular complexity index is 971. The van der Waals surface area contributed by atoms with Crippen LogP contribution < -0.4 is 10.1 Å². The Morgan fingerprint density at radius 1 is 1.32 bits per heavy atom. The number of hydrogen-bond donors (Lipinski definition) is 1. The summed E-state index contributed by atoms with van der Waals surface area (Å²) < 4.78 is 5.92. The topological polar surface area (TPSA) is 94.4 Å². The Hall–Kier alpha value is -2.65. The molecule has 0 aliphatic carbocycles. The van der Waals surface area contributed by atoms with Gasteiger partial charge >= 0.3 is 0 Å². The molecule has 0 unspecified atom stereocenters. The number of fused-ring (bicyclic) bond motifs is 1. The molecule has 9 heteroatoms.